The SMILES string of the molecule is Cc1ccccc1OC[C@H](O)CN1CCCCCC1. The second-order valence-electron chi connectivity index (χ2n) is 5.45. The number of benzene rings is 1. The first-order valence-electron chi connectivity index (χ1n) is 7.34. The van der Waals surface area contributed by atoms with Crippen molar-refractivity contribution in [2.45, 2.75) is 38.7 Å². The van der Waals surface area contributed by atoms with Crippen molar-refractivity contribution in [3.63, 3.8) is 0 Å². The summed E-state index contributed by atoms with van der Waals surface area (Å²) >= 11 is 0. The predicted molar refractivity (Wildman–Crippen MR) is 77.6 cm³/mol. The molecule has 1 aliphatic heterocycles. The van der Waals surface area contributed by atoms with Crippen LogP contribution in [0.3, 0.4) is 0 Å². The highest BCUT2D eigenvalue weighted by Gasteiger charge is 2.14. The zero-order chi connectivity index (χ0) is 13.5. The number of aliphatic hydroxyl groups excluding tert-OH is 1. The van der Waals surface area contributed by atoms with Crippen molar-refractivity contribution in [3.05, 3.63) is 29.8 Å². The molecular formula is C16H25NO2. The highest BCUT2D eigenvalue weighted by Crippen LogP contribution is 2.16. The summed E-state index contributed by atoms with van der Waals surface area (Å²) in [4.78, 5) is 2.36. The highest BCUT2D eigenvalue weighted by atomic mass is 16.5. The van der Waals surface area contributed by atoms with Crippen LogP contribution in [0.1, 0.15) is 31.2 Å². The van der Waals surface area contributed by atoms with Crippen molar-refractivity contribution in [2.75, 3.05) is 26.2 Å². The van der Waals surface area contributed by atoms with Crippen molar-refractivity contribution in [3.8, 4) is 5.75 Å². The number of hydrogen-bond donors (Lipinski definition) is 1. The van der Waals surface area contributed by atoms with Crippen LogP contribution in [0.4, 0.5) is 0 Å². The number of aliphatic hydroxyl groups is 1. The number of para-hydroxylation sites is 1. The molecule has 0 unspecified atom stereocenters. The molecule has 1 aliphatic rings. The third-order valence-corrected chi connectivity index (χ3v) is 3.69. The Morgan fingerprint density at radius 2 is 1.84 bits per heavy atom. The van der Waals surface area contributed by atoms with Crippen LogP contribution < -0.4 is 4.74 Å². The molecule has 0 bridgehead atoms. The molecule has 3 heteroatoms. The topological polar surface area (TPSA) is 32.7 Å². The fourth-order valence-electron chi connectivity index (χ4n) is 2.57. The molecule has 1 fully saturated rings. The van der Waals surface area contributed by atoms with Crippen LogP contribution in [0.2, 0.25) is 0 Å². The molecule has 0 aromatic heterocycles. The summed E-state index contributed by atoms with van der Waals surface area (Å²) in [6.45, 7) is 5.35. The lowest BCUT2D eigenvalue weighted by Gasteiger charge is -2.23. The summed E-state index contributed by atoms with van der Waals surface area (Å²) in [6, 6.07) is 7.93. The molecule has 2 rings (SSSR count). The predicted octanol–water partition coefficient (Wildman–Crippen LogP) is 2.61. The van der Waals surface area contributed by atoms with Crippen LogP contribution in [-0.2, 0) is 0 Å². The van der Waals surface area contributed by atoms with Gasteiger partial charge in [0.1, 0.15) is 18.5 Å². The number of β-amino-alcohol motifs (C(OH)–C–C–N with tert-alkyl or cyclic N) is 1. The lowest BCUT2D eigenvalue weighted by Crippen LogP contribution is -2.36. The minimum Gasteiger partial charge on any atom is -0.491 e. The molecule has 19 heavy (non-hydrogen) atoms. The quantitative estimate of drug-likeness (QED) is 0.886. The molecule has 1 aromatic rings. The molecular weight excluding hydrogens is 238 g/mol. The third-order valence-electron chi connectivity index (χ3n) is 3.69. The maximum absolute atomic E-state index is 10.1. The van der Waals surface area contributed by atoms with Crippen molar-refractivity contribution in [1.29, 1.82) is 0 Å². The van der Waals surface area contributed by atoms with E-state index in [9.17, 15) is 5.11 Å². The molecule has 1 heterocycles. The highest BCUT2D eigenvalue weighted by molar-refractivity contribution is 5.31. The van der Waals surface area contributed by atoms with Crippen LogP contribution in [0, 0.1) is 6.92 Å². The van der Waals surface area contributed by atoms with E-state index >= 15 is 0 Å². The van der Waals surface area contributed by atoms with Crippen molar-refractivity contribution < 1.29 is 9.84 Å². The van der Waals surface area contributed by atoms with Gasteiger partial charge in [0.25, 0.3) is 0 Å². The first kappa shape index (κ1) is 14.4. The standard InChI is InChI=1S/C16H25NO2/c1-14-8-4-5-9-16(14)19-13-15(18)12-17-10-6-2-3-7-11-17/h4-5,8-9,15,18H,2-3,6-7,10-13H2,1H3/t15-/m1/s1. The van der Waals surface area contributed by atoms with Gasteiger partial charge in [0, 0.05) is 6.54 Å². The van der Waals surface area contributed by atoms with Gasteiger partial charge in [-0.1, -0.05) is 31.0 Å². The molecule has 1 saturated heterocycles. The van der Waals surface area contributed by atoms with Gasteiger partial charge in [-0.25, -0.2) is 0 Å². The second kappa shape index (κ2) is 7.51. The van der Waals surface area contributed by atoms with E-state index < -0.39 is 6.10 Å². The molecule has 106 valence electrons. The van der Waals surface area contributed by atoms with Crippen LogP contribution in [-0.4, -0.2) is 42.4 Å². The first-order valence-corrected chi connectivity index (χ1v) is 7.34. The third kappa shape index (κ3) is 4.84. The lowest BCUT2D eigenvalue weighted by atomic mass is 10.2. The zero-order valence-electron chi connectivity index (χ0n) is 11.8. The summed E-state index contributed by atoms with van der Waals surface area (Å²) < 4.78 is 5.69. The molecule has 1 N–H and O–H groups in total. The van der Waals surface area contributed by atoms with E-state index in [1.54, 1.807) is 0 Å². The minimum atomic E-state index is -0.405. The number of nitrogens with zero attached hydrogens (tertiary/aromatic N) is 1. The maximum Gasteiger partial charge on any atom is 0.122 e. The van der Waals surface area contributed by atoms with Gasteiger partial charge in [-0.2, -0.15) is 0 Å². The molecule has 0 radical (unpaired) electrons. The number of hydrogen-bond acceptors (Lipinski definition) is 3. The molecule has 0 saturated carbocycles. The first-order chi connectivity index (χ1) is 9.25. The van der Waals surface area contributed by atoms with Gasteiger partial charge in [-0.15, -0.1) is 0 Å². The molecule has 0 spiro atoms. The van der Waals surface area contributed by atoms with E-state index in [-0.39, 0.29) is 0 Å². The van der Waals surface area contributed by atoms with Crippen LogP contribution in [0.5, 0.6) is 5.75 Å². The molecule has 0 amide bonds. The van der Waals surface area contributed by atoms with Crippen LogP contribution in [0.15, 0.2) is 24.3 Å². The Bertz CT molecular complexity index is 373. The van der Waals surface area contributed by atoms with Gasteiger partial charge in [-0.05, 0) is 44.5 Å². The van der Waals surface area contributed by atoms with E-state index in [0.717, 1.165) is 30.9 Å². The molecule has 0 aliphatic carbocycles. The fraction of sp³-hybridized carbons (Fsp3) is 0.625. The molecule has 3 nitrogen and oxygen atoms in total. The van der Waals surface area contributed by atoms with Crippen LogP contribution >= 0.6 is 0 Å². The van der Waals surface area contributed by atoms with Gasteiger partial charge in [0.15, 0.2) is 0 Å². The monoisotopic (exact) mass is 263 g/mol. The zero-order valence-corrected chi connectivity index (χ0v) is 11.8. The molecule has 1 atom stereocenters. The Hall–Kier alpha value is -1.06. The number of likely N-dealkylation sites (tertiary alicyclic amines) is 1. The van der Waals surface area contributed by atoms with Gasteiger partial charge < -0.3 is 14.7 Å². The lowest BCUT2D eigenvalue weighted by molar-refractivity contribution is 0.0691. The summed E-state index contributed by atoms with van der Waals surface area (Å²) in [6.07, 6.45) is 4.76. The Morgan fingerprint density at radius 3 is 2.53 bits per heavy atom. The van der Waals surface area contributed by atoms with Gasteiger partial charge >= 0.3 is 0 Å². The Morgan fingerprint density at radius 1 is 1.16 bits per heavy atom. The smallest absolute Gasteiger partial charge is 0.122 e. The normalized spacial score (nSPS) is 18.8. The Labute approximate surface area is 116 Å². The minimum absolute atomic E-state index is 0.376. The second-order valence-corrected chi connectivity index (χ2v) is 5.45. The van der Waals surface area contributed by atoms with E-state index in [1.165, 1.54) is 25.7 Å². The summed E-state index contributed by atoms with van der Waals surface area (Å²) in [5.74, 6) is 0.873. The largest absolute Gasteiger partial charge is 0.491 e. The van der Waals surface area contributed by atoms with Crippen molar-refractivity contribution >= 4 is 0 Å². The maximum atomic E-state index is 10.1. The van der Waals surface area contributed by atoms with E-state index in [2.05, 4.69) is 4.90 Å². The summed E-state index contributed by atoms with van der Waals surface area (Å²) in [5, 5.41) is 10.1. The number of rotatable bonds is 5. The van der Waals surface area contributed by atoms with Crippen LogP contribution in [0.25, 0.3) is 0 Å². The van der Waals surface area contributed by atoms with Crippen molar-refractivity contribution in [2.24, 2.45) is 0 Å². The van der Waals surface area contributed by atoms with E-state index in [1.807, 2.05) is 31.2 Å². The number of ether oxygens (including phenoxy) is 1. The Kier molecular flexibility index (Phi) is 5.67. The van der Waals surface area contributed by atoms with Crippen molar-refractivity contribution in [1.82, 2.24) is 4.90 Å². The van der Waals surface area contributed by atoms with E-state index in [0.29, 0.717) is 6.61 Å². The van der Waals surface area contributed by atoms with Gasteiger partial charge in [0.05, 0.1) is 0 Å². The summed E-state index contributed by atoms with van der Waals surface area (Å²) in [5.41, 5.74) is 1.12. The Balaban J connectivity index is 1.74. The number of aryl methyl sites for hydroxylation is 1. The fourth-order valence-corrected chi connectivity index (χ4v) is 2.57. The van der Waals surface area contributed by atoms with Gasteiger partial charge in [0.2, 0.25) is 0 Å². The van der Waals surface area contributed by atoms with Gasteiger partial charge in [-0.3, -0.25) is 0 Å². The molecule has 1 aromatic carbocycles. The summed E-state index contributed by atoms with van der Waals surface area (Å²) in [7, 11) is 0. The van der Waals surface area contributed by atoms with E-state index in [4.69, 9.17) is 4.74 Å². The average Bonchev–Trinajstić information content (AvgIpc) is 2.66. The average molecular weight is 263 g/mol.